The number of anilines is 1. The van der Waals surface area contributed by atoms with Crippen LogP contribution in [0.4, 0.5) is 5.69 Å². The molecule has 6 nitrogen and oxygen atoms in total. The maximum absolute atomic E-state index is 12.1. The van der Waals surface area contributed by atoms with Crippen LogP contribution < -0.4 is 10.6 Å². The van der Waals surface area contributed by atoms with Crippen molar-refractivity contribution in [3.8, 4) is 0 Å². The van der Waals surface area contributed by atoms with E-state index in [9.17, 15) is 14.4 Å². The largest absolute Gasteiger partial charge is 0.480 e. The first-order valence-corrected chi connectivity index (χ1v) is 6.87. The number of benzene rings is 1. The van der Waals surface area contributed by atoms with Crippen molar-refractivity contribution in [1.29, 1.82) is 0 Å². The summed E-state index contributed by atoms with van der Waals surface area (Å²) in [6, 6.07) is 5.53. The molecule has 1 aliphatic carbocycles. The molecule has 1 saturated carbocycles. The van der Waals surface area contributed by atoms with Crippen LogP contribution in [0.2, 0.25) is 0 Å². The van der Waals surface area contributed by atoms with Gasteiger partial charge in [0.05, 0.1) is 0 Å². The monoisotopic (exact) mass is 290 g/mol. The van der Waals surface area contributed by atoms with E-state index in [-0.39, 0.29) is 5.91 Å². The average Bonchev–Trinajstić information content (AvgIpc) is 3.21. The fourth-order valence-electron chi connectivity index (χ4n) is 2.09. The molecule has 0 bridgehead atoms. The van der Waals surface area contributed by atoms with Crippen LogP contribution in [0.1, 0.15) is 36.5 Å². The minimum atomic E-state index is -1.02. The summed E-state index contributed by atoms with van der Waals surface area (Å²) in [6.07, 6.45) is 2.52. The Morgan fingerprint density at radius 1 is 1.33 bits per heavy atom. The van der Waals surface area contributed by atoms with Crippen molar-refractivity contribution < 1.29 is 19.5 Å². The topological polar surface area (TPSA) is 95.5 Å². The number of carbonyl (C=O) groups excluding carboxylic acids is 2. The third-order valence-corrected chi connectivity index (χ3v) is 3.31. The molecule has 3 N–H and O–H groups in total. The first kappa shape index (κ1) is 15.0. The molecule has 0 saturated heterocycles. The maximum atomic E-state index is 12.1. The van der Waals surface area contributed by atoms with Crippen LogP contribution in [0.25, 0.3) is 0 Å². The highest BCUT2D eigenvalue weighted by Crippen LogP contribution is 2.33. The molecule has 0 spiro atoms. The zero-order valence-electron chi connectivity index (χ0n) is 11.8. The van der Waals surface area contributed by atoms with E-state index in [0.29, 0.717) is 23.6 Å². The summed E-state index contributed by atoms with van der Waals surface area (Å²) in [7, 11) is 0. The van der Waals surface area contributed by atoms with E-state index in [1.54, 1.807) is 18.2 Å². The molecule has 1 fully saturated rings. The summed E-state index contributed by atoms with van der Waals surface area (Å²) in [5, 5.41) is 14.3. The Morgan fingerprint density at radius 3 is 2.62 bits per heavy atom. The number of amides is 2. The molecular weight excluding hydrogens is 272 g/mol. The Morgan fingerprint density at radius 2 is 2.05 bits per heavy atom. The van der Waals surface area contributed by atoms with Crippen LogP contribution in [0.3, 0.4) is 0 Å². The number of hydrogen-bond donors (Lipinski definition) is 3. The lowest BCUT2D eigenvalue weighted by molar-refractivity contribution is -0.139. The van der Waals surface area contributed by atoms with Gasteiger partial charge in [0.25, 0.3) is 5.91 Å². The number of carboxylic acid groups (broad SMARTS) is 1. The van der Waals surface area contributed by atoms with Gasteiger partial charge in [-0.25, -0.2) is 4.79 Å². The van der Waals surface area contributed by atoms with Gasteiger partial charge in [-0.3, -0.25) is 9.59 Å². The van der Waals surface area contributed by atoms with Crippen molar-refractivity contribution in [3.05, 3.63) is 29.8 Å². The summed E-state index contributed by atoms with van der Waals surface area (Å²) < 4.78 is 0. The summed E-state index contributed by atoms with van der Waals surface area (Å²) in [5.74, 6) is -1.30. The molecule has 0 unspecified atom stereocenters. The van der Waals surface area contributed by atoms with Gasteiger partial charge in [0.15, 0.2) is 0 Å². The van der Waals surface area contributed by atoms with Gasteiger partial charge in [-0.15, -0.1) is 0 Å². The quantitative estimate of drug-likeness (QED) is 0.742. The van der Waals surface area contributed by atoms with Crippen molar-refractivity contribution in [2.75, 3.05) is 5.32 Å². The number of rotatable bonds is 6. The lowest BCUT2D eigenvalue weighted by atomic mass is 10.1. The number of carboxylic acids is 1. The molecule has 2 amide bonds. The molecule has 0 heterocycles. The molecule has 0 aromatic heterocycles. The molecule has 21 heavy (non-hydrogen) atoms. The number of hydrogen-bond acceptors (Lipinski definition) is 3. The fraction of sp³-hybridized carbons (Fsp3) is 0.400. The molecule has 1 atom stereocenters. The summed E-state index contributed by atoms with van der Waals surface area (Å²) in [6.45, 7) is 1.38. The maximum Gasteiger partial charge on any atom is 0.326 e. The Balaban J connectivity index is 2.03. The van der Waals surface area contributed by atoms with Gasteiger partial charge in [0, 0.05) is 18.2 Å². The van der Waals surface area contributed by atoms with Gasteiger partial charge < -0.3 is 15.7 Å². The molecular formula is C15H18N2O4. The Hall–Kier alpha value is -2.37. The van der Waals surface area contributed by atoms with Crippen molar-refractivity contribution in [1.82, 2.24) is 5.32 Å². The van der Waals surface area contributed by atoms with E-state index in [1.165, 1.54) is 13.0 Å². The number of aliphatic carboxylic acids is 1. The van der Waals surface area contributed by atoms with Gasteiger partial charge in [-0.05, 0) is 30.5 Å². The zero-order chi connectivity index (χ0) is 15.4. The molecule has 0 radical (unpaired) electrons. The third-order valence-electron chi connectivity index (χ3n) is 3.31. The third kappa shape index (κ3) is 4.59. The predicted molar refractivity (Wildman–Crippen MR) is 77.0 cm³/mol. The second-order valence-corrected chi connectivity index (χ2v) is 5.31. The van der Waals surface area contributed by atoms with Crippen LogP contribution in [0.5, 0.6) is 0 Å². The highest BCUT2D eigenvalue weighted by atomic mass is 16.4. The average molecular weight is 290 g/mol. The molecule has 6 heteroatoms. The van der Waals surface area contributed by atoms with E-state index in [2.05, 4.69) is 10.6 Å². The lowest BCUT2D eigenvalue weighted by Crippen LogP contribution is -2.41. The first-order chi connectivity index (χ1) is 9.95. The van der Waals surface area contributed by atoms with E-state index >= 15 is 0 Å². The van der Waals surface area contributed by atoms with Gasteiger partial charge in [-0.2, -0.15) is 0 Å². The van der Waals surface area contributed by atoms with E-state index in [1.807, 2.05) is 0 Å². The van der Waals surface area contributed by atoms with E-state index < -0.39 is 17.9 Å². The van der Waals surface area contributed by atoms with Gasteiger partial charge >= 0.3 is 5.97 Å². The van der Waals surface area contributed by atoms with Crippen molar-refractivity contribution in [2.24, 2.45) is 5.92 Å². The predicted octanol–water partition coefficient (Wildman–Crippen LogP) is 1.63. The van der Waals surface area contributed by atoms with Gasteiger partial charge in [0.1, 0.15) is 6.04 Å². The minimum Gasteiger partial charge on any atom is -0.480 e. The SMILES string of the molecule is CC(=O)Nc1cccc(C(=O)N[C@@H](CC2CC2)C(=O)O)c1. The van der Waals surface area contributed by atoms with Crippen molar-refractivity contribution in [2.45, 2.75) is 32.2 Å². The van der Waals surface area contributed by atoms with E-state index in [0.717, 1.165) is 12.8 Å². The van der Waals surface area contributed by atoms with Crippen LogP contribution >= 0.6 is 0 Å². The standard InChI is InChI=1S/C15H18N2O4/c1-9(18)16-12-4-2-3-11(8-12)14(19)17-13(15(20)21)7-10-5-6-10/h2-4,8,10,13H,5-7H2,1H3,(H,16,18)(H,17,19)(H,20,21)/t13-/m0/s1. The highest BCUT2D eigenvalue weighted by Gasteiger charge is 2.30. The van der Waals surface area contributed by atoms with Gasteiger partial charge in [0.2, 0.25) is 5.91 Å². The lowest BCUT2D eigenvalue weighted by Gasteiger charge is -2.14. The molecule has 1 aromatic carbocycles. The van der Waals surface area contributed by atoms with Crippen LogP contribution in [-0.4, -0.2) is 28.9 Å². The zero-order valence-corrected chi connectivity index (χ0v) is 11.8. The molecule has 1 aromatic rings. The normalized spacial score (nSPS) is 15.1. The first-order valence-electron chi connectivity index (χ1n) is 6.87. The fourth-order valence-corrected chi connectivity index (χ4v) is 2.09. The number of nitrogens with one attached hydrogen (secondary N) is 2. The second-order valence-electron chi connectivity index (χ2n) is 5.31. The van der Waals surface area contributed by atoms with Crippen molar-refractivity contribution in [3.63, 3.8) is 0 Å². The van der Waals surface area contributed by atoms with Crippen LogP contribution in [0, 0.1) is 5.92 Å². The Kier molecular flexibility index (Phi) is 4.57. The summed E-state index contributed by atoms with van der Waals surface area (Å²) in [5.41, 5.74) is 0.826. The molecule has 1 aliphatic rings. The van der Waals surface area contributed by atoms with E-state index in [4.69, 9.17) is 5.11 Å². The second kappa shape index (κ2) is 6.39. The summed E-state index contributed by atoms with van der Waals surface area (Å²) in [4.78, 5) is 34.3. The van der Waals surface area contributed by atoms with Gasteiger partial charge in [-0.1, -0.05) is 18.9 Å². The molecule has 2 rings (SSSR count). The Labute approximate surface area is 122 Å². The molecule has 112 valence electrons. The highest BCUT2D eigenvalue weighted by molar-refractivity contribution is 5.98. The summed E-state index contributed by atoms with van der Waals surface area (Å²) >= 11 is 0. The van der Waals surface area contributed by atoms with Crippen LogP contribution in [-0.2, 0) is 9.59 Å². The smallest absolute Gasteiger partial charge is 0.326 e. The molecule has 0 aliphatic heterocycles. The van der Waals surface area contributed by atoms with Crippen molar-refractivity contribution >= 4 is 23.5 Å². The number of carbonyl (C=O) groups is 3. The minimum absolute atomic E-state index is 0.232. The Bertz CT molecular complexity index is 567. The van der Waals surface area contributed by atoms with Crippen LogP contribution in [0.15, 0.2) is 24.3 Å².